The molecule has 1 unspecified atom stereocenters. The van der Waals surface area contributed by atoms with Crippen LogP contribution in [0.3, 0.4) is 0 Å². The fraction of sp³-hybridized carbons (Fsp3) is 0.611. The zero-order valence-corrected chi connectivity index (χ0v) is 17.6. The van der Waals surface area contributed by atoms with Crippen LogP contribution in [0.5, 0.6) is 0 Å². The molecular formula is C18H28ClN3O4S. The number of rotatable bonds is 8. The lowest BCUT2D eigenvalue weighted by molar-refractivity contribution is -0.121. The first-order valence-corrected chi connectivity index (χ1v) is 11.3. The highest BCUT2D eigenvalue weighted by molar-refractivity contribution is 7.92. The summed E-state index contributed by atoms with van der Waals surface area (Å²) in [5.74, 6) is -0.332. The van der Waals surface area contributed by atoms with Gasteiger partial charge in [-0.3, -0.25) is 14.0 Å². The average molecular weight is 418 g/mol. The Kier molecular flexibility index (Phi) is 7.91. The molecule has 152 valence electrons. The third kappa shape index (κ3) is 6.34. The lowest BCUT2D eigenvalue weighted by Crippen LogP contribution is -2.48. The summed E-state index contributed by atoms with van der Waals surface area (Å²) in [6.07, 6.45) is 1.89. The first kappa shape index (κ1) is 21.9. The minimum absolute atomic E-state index is 0.332. The van der Waals surface area contributed by atoms with Crippen LogP contribution in [0.15, 0.2) is 18.2 Å². The van der Waals surface area contributed by atoms with Gasteiger partial charge >= 0.3 is 0 Å². The Balaban J connectivity index is 1.99. The van der Waals surface area contributed by atoms with Crippen molar-refractivity contribution >= 4 is 33.2 Å². The number of hydrogen-bond donors (Lipinski definition) is 1. The van der Waals surface area contributed by atoms with E-state index in [1.165, 1.54) is 0 Å². The second kappa shape index (κ2) is 9.73. The summed E-state index contributed by atoms with van der Waals surface area (Å²) < 4.78 is 31.2. The Morgan fingerprint density at radius 1 is 1.37 bits per heavy atom. The van der Waals surface area contributed by atoms with Crippen molar-refractivity contribution in [3.05, 3.63) is 28.8 Å². The molecule has 0 aromatic heterocycles. The molecule has 9 heteroatoms. The van der Waals surface area contributed by atoms with Crippen molar-refractivity contribution in [3.63, 3.8) is 0 Å². The number of hydrogen-bond acceptors (Lipinski definition) is 5. The van der Waals surface area contributed by atoms with Crippen molar-refractivity contribution in [2.45, 2.75) is 26.3 Å². The quantitative estimate of drug-likeness (QED) is 0.650. The molecule has 0 spiro atoms. The van der Waals surface area contributed by atoms with Gasteiger partial charge < -0.3 is 10.1 Å². The topological polar surface area (TPSA) is 79.0 Å². The first-order valence-electron chi connectivity index (χ1n) is 9.03. The van der Waals surface area contributed by atoms with Crippen LogP contribution < -0.4 is 9.62 Å². The minimum atomic E-state index is -3.66. The van der Waals surface area contributed by atoms with E-state index in [1.54, 1.807) is 32.0 Å². The molecule has 1 heterocycles. The third-order valence-electron chi connectivity index (χ3n) is 4.55. The van der Waals surface area contributed by atoms with Crippen molar-refractivity contribution < 1.29 is 17.9 Å². The van der Waals surface area contributed by atoms with Crippen LogP contribution >= 0.6 is 11.6 Å². The van der Waals surface area contributed by atoms with Crippen LogP contribution in [0.25, 0.3) is 0 Å². The second-order valence-corrected chi connectivity index (χ2v) is 9.06. The number of anilines is 1. The summed E-state index contributed by atoms with van der Waals surface area (Å²) in [5, 5.41) is 3.26. The number of benzene rings is 1. The Morgan fingerprint density at radius 2 is 2.04 bits per heavy atom. The van der Waals surface area contributed by atoms with Crippen molar-refractivity contribution in [2.24, 2.45) is 0 Å². The summed E-state index contributed by atoms with van der Waals surface area (Å²) in [4.78, 5) is 14.9. The first-order chi connectivity index (χ1) is 12.7. The monoisotopic (exact) mass is 417 g/mol. The van der Waals surface area contributed by atoms with Gasteiger partial charge in [-0.05, 0) is 44.5 Å². The maximum absolute atomic E-state index is 12.6. The molecule has 0 aliphatic carbocycles. The van der Waals surface area contributed by atoms with Crippen LogP contribution in [0.4, 0.5) is 5.69 Å². The van der Waals surface area contributed by atoms with Gasteiger partial charge in [0.05, 0.1) is 25.2 Å². The number of halogens is 1. The second-order valence-electron chi connectivity index (χ2n) is 6.76. The van der Waals surface area contributed by atoms with Crippen LogP contribution in [-0.4, -0.2) is 70.9 Å². The standard InChI is InChI=1S/C18H28ClN3O4S/c1-14-5-6-16(19)13-17(14)22(27(3,24)25)15(2)18(23)20-7-4-8-21-9-11-26-12-10-21/h5-6,13,15H,4,7-12H2,1-3H3,(H,20,23). The fourth-order valence-electron chi connectivity index (χ4n) is 3.09. The van der Waals surface area contributed by atoms with Crippen molar-refractivity contribution in [2.75, 3.05) is 50.0 Å². The van der Waals surface area contributed by atoms with Crippen LogP contribution in [-0.2, 0) is 19.6 Å². The van der Waals surface area contributed by atoms with E-state index >= 15 is 0 Å². The molecule has 1 aliphatic heterocycles. The lowest BCUT2D eigenvalue weighted by Gasteiger charge is -2.30. The van der Waals surface area contributed by atoms with Crippen LogP contribution in [0.2, 0.25) is 5.02 Å². The molecule has 0 radical (unpaired) electrons. The molecule has 0 saturated carbocycles. The van der Waals surface area contributed by atoms with Crippen molar-refractivity contribution in [1.29, 1.82) is 0 Å². The van der Waals surface area contributed by atoms with Gasteiger partial charge in [0.25, 0.3) is 0 Å². The summed E-state index contributed by atoms with van der Waals surface area (Å²) in [6.45, 7) is 8.03. The van der Waals surface area contributed by atoms with Gasteiger partial charge in [-0.1, -0.05) is 17.7 Å². The van der Waals surface area contributed by atoms with Crippen molar-refractivity contribution in [3.8, 4) is 0 Å². The summed E-state index contributed by atoms with van der Waals surface area (Å²) in [7, 11) is -3.66. The fourth-order valence-corrected chi connectivity index (χ4v) is 4.48. The molecule has 27 heavy (non-hydrogen) atoms. The van der Waals surface area contributed by atoms with Gasteiger partial charge in [-0.15, -0.1) is 0 Å². The van der Waals surface area contributed by atoms with Gasteiger partial charge in [0, 0.05) is 24.7 Å². The number of ether oxygens (including phenoxy) is 1. The van der Waals surface area contributed by atoms with Gasteiger partial charge in [-0.2, -0.15) is 0 Å². The van der Waals surface area contributed by atoms with E-state index in [4.69, 9.17) is 16.3 Å². The molecule has 2 rings (SSSR count). The third-order valence-corrected chi connectivity index (χ3v) is 6.01. The molecule has 0 bridgehead atoms. The number of morpholine rings is 1. The highest BCUT2D eigenvalue weighted by Crippen LogP contribution is 2.28. The normalized spacial score (nSPS) is 16.7. The van der Waals surface area contributed by atoms with E-state index in [0.29, 0.717) is 17.3 Å². The molecule has 1 N–H and O–H groups in total. The number of nitrogens with one attached hydrogen (secondary N) is 1. The number of carbonyl (C=O) groups is 1. The molecule has 1 aliphatic rings. The van der Waals surface area contributed by atoms with E-state index < -0.39 is 16.1 Å². The molecule has 1 aromatic carbocycles. The molecule has 1 amide bonds. The molecule has 7 nitrogen and oxygen atoms in total. The average Bonchev–Trinajstić information content (AvgIpc) is 2.61. The van der Waals surface area contributed by atoms with E-state index in [2.05, 4.69) is 10.2 Å². The predicted molar refractivity (Wildman–Crippen MR) is 108 cm³/mol. The Labute approximate surface area is 166 Å². The minimum Gasteiger partial charge on any atom is -0.379 e. The molecule has 1 aromatic rings. The smallest absolute Gasteiger partial charge is 0.243 e. The number of amides is 1. The summed E-state index contributed by atoms with van der Waals surface area (Å²) >= 11 is 6.04. The van der Waals surface area contributed by atoms with E-state index in [9.17, 15) is 13.2 Å². The highest BCUT2D eigenvalue weighted by atomic mass is 35.5. The Bertz CT molecular complexity index is 751. The zero-order chi connectivity index (χ0) is 20.0. The SMILES string of the molecule is Cc1ccc(Cl)cc1N(C(C)C(=O)NCCCN1CCOCC1)S(C)(=O)=O. The Hall–Kier alpha value is -1.35. The highest BCUT2D eigenvalue weighted by Gasteiger charge is 2.30. The van der Waals surface area contributed by atoms with Crippen molar-refractivity contribution in [1.82, 2.24) is 10.2 Å². The lowest BCUT2D eigenvalue weighted by atomic mass is 10.1. The Morgan fingerprint density at radius 3 is 2.67 bits per heavy atom. The maximum atomic E-state index is 12.6. The zero-order valence-electron chi connectivity index (χ0n) is 16.1. The number of sulfonamides is 1. The predicted octanol–water partition coefficient (Wildman–Crippen LogP) is 1.64. The van der Waals surface area contributed by atoms with E-state index in [1.807, 2.05) is 0 Å². The molecule has 1 atom stereocenters. The number of carbonyl (C=O) groups excluding carboxylic acids is 1. The van der Waals surface area contributed by atoms with Gasteiger partial charge in [-0.25, -0.2) is 8.42 Å². The molecule has 1 fully saturated rings. The van der Waals surface area contributed by atoms with E-state index in [-0.39, 0.29) is 5.91 Å². The van der Waals surface area contributed by atoms with Gasteiger partial charge in [0.2, 0.25) is 15.9 Å². The summed E-state index contributed by atoms with van der Waals surface area (Å²) in [6, 6.07) is 4.13. The van der Waals surface area contributed by atoms with Gasteiger partial charge in [0.15, 0.2) is 0 Å². The molecular weight excluding hydrogens is 390 g/mol. The molecule has 1 saturated heterocycles. The number of nitrogens with zero attached hydrogens (tertiary/aromatic N) is 2. The van der Waals surface area contributed by atoms with Gasteiger partial charge in [0.1, 0.15) is 6.04 Å². The number of aryl methyl sites for hydroxylation is 1. The van der Waals surface area contributed by atoms with Crippen LogP contribution in [0, 0.1) is 6.92 Å². The van der Waals surface area contributed by atoms with E-state index in [0.717, 1.165) is 55.4 Å². The largest absolute Gasteiger partial charge is 0.379 e. The summed E-state index contributed by atoms with van der Waals surface area (Å²) in [5.41, 5.74) is 1.15. The maximum Gasteiger partial charge on any atom is 0.243 e. The van der Waals surface area contributed by atoms with Crippen LogP contribution in [0.1, 0.15) is 18.9 Å².